The molecule has 0 radical (unpaired) electrons. The molecule has 0 aliphatic carbocycles. The van der Waals surface area contributed by atoms with Crippen LogP contribution in [-0.4, -0.2) is 19.3 Å². The van der Waals surface area contributed by atoms with Crippen molar-refractivity contribution in [3.8, 4) is 0 Å². The van der Waals surface area contributed by atoms with Gasteiger partial charge in [0.2, 0.25) is 0 Å². The minimum atomic E-state index is 0.533. The van der Waals surface area contributed by atoms with E-state index in [1.807, 2.05) is 0 Å². The molecule has 0 heterocycles. The van der Waals surface area contributed by atoms with Gasteiger partial charge in [-0.1, -0.05) is 65.7 Å². The maximum absolute atomic E-state index is 3.48. The van der Waals surface area contributed by atoms with Gasteiger partial charge < -0.3 is 10.6 Å². The summed E-state index contributed by atoms with van der Waals surface area (Å²) in [5, 5.41) is 6.97. The van der Waals surface area contributed by atoms with Crippen LogP contribution in [0.2, 0.25) is 0 Å². The van der Waals surface area contributed by atoms with Gasteiger partial charge in [-0.25, -0.2) is 0 Å². The summed E-state index contributed by atoms with van der Waals surface area (Å²) < 4.78 is 0. The Morgan fingerprint density at radius 2 is 1.19 bits per heavy atom. The Morgan fingerprint density at radius 3 is 1.69 bits per heavy atom. The molecule has 2 nitrogen and oxygen atoms in total. The van der Waals surface area contributed by atoms with Gasteiger partial charge in [0.15, 0.2) is 0 Å². The molecular weight excluding hydrogens is 196 g/mol. The van der Waals surface area contributed by atoms with Crippen LogP contribution in [0.4, 0.5) is 0 Å². The second-order valence-corrected chi connectivity index (χ2v) is 4.58. The molecule has 16 heavy (non-hydrogen) atoms. The van der Waals surface area contributed by atoms with Crippen molar-refractivity contribution in [3.05, 3.63) is 0 Å². The van der Waals surface area contributed by atoms with E-state index in [0.29, 0.717) is 6.17 Å². The molecule has 0 saturated heterocycles. The van der Waals surface area contributed by atoms with Crippen molar-refractivity contribution < 1.29 is 0 Å². The predicted octanol–water partition coefficient (Wildman–Crippen LogP) is 3.67. The summed E-state index contributed by atoms with van der Waals surface area (Å²) in [7, 11) is 0. The van der Waals surface area contributed by atoms with Gasteiger partial charge in [0.25, 0.3) is 0 Å². The van der Waals surface area contributed by atoms with Crippen molar-refractivity contribution in [1.82, 2.24) is 10.6 Å². The van der Waals surface area contributed by atoms with Crippen molar-refractivity contribution in [2.45, 2.75) is 78.3 Å². The van der Waals surface area contributed by atoms with Gasteiger partial charge in [0.05, 0.1) is 6.17 Å². The molecule has 0 aromatic rings. The molecule has 0 bridgehead atoms. The zero-order valence-corrected chi connectivity index (χ0v) is 11.6. The van der Waals surface area contributed by atoms with Crippen molar-refractivity contribution in [1.29, 1.82) is 0 Å². The van der Waals surface area contributed by atoms with Crippen molar-refractivity contribution in [2.75, 3.05) is 13.1 Å². The lowest BCUT2D eigenvalue weighted by Gasteiger charge is -2.18. The summed E-state index contributed by atoms with van der Waals surface area (Å²) in [6, 6.07) is 0. The lowest BCUT2D eigenvalue weighted by Crippen LogP contribution is -2.41. The van der Waals surface area contributed by atoms with Crippen LogP contribution < -0.4 is 10.6 Å². The molecule has 0 saturated carbocycles. The highest BCUT2D eigenvalue weighted by atomic mass is 15.1. The van der Waals surface area contributed by atoms with Crippen LogP contribution in [0.3, 0.4) is 0 Å². The number of hydrogen-bond donors (Lipinski definition) is 2. The van der Waals surface area contributed by atoms with Gasteiger partial charge in [-0.05, 0) is 19.5 Å². The topological polar surface area (TPSA) is 24.1 Å². The molecule has 2 N–H and O–H groups in total. The highest BCUT2D eigenvalue weighted by molar-refractivity contribution is 4.62. The van der Waals surface area contributed by atoms with Gasteiger partial charge in [0.1, 0.15) is 0 Å². The number of unbranched alkanes of at least 4 members (excludes halogenated alkanes) is 6. The van der Waals surface area contributed by atoms with E-state index in [1.165, 1.54) is 51.4 Å². The van der Waals surface area contributed by atoms with Crippen LogP contribution in [0, 0.1) is 0 Å². The molecule has 0 spiro atoms. The first-order chi connectivity index (χ1) is 7.85. The molecule has 0 unspecified atom stereocenters. The van der Waals surface area contributed by atoms with Crippen LogP contribution in [-0.2, 0) is 0 Å². The van der Waals surface area contributed by atoms with E-state index >= 15 is 0 Å². The second-order valence-electron chi connectivity index (χ2n) is 4.58. The van der Waals surface area contributed by atoms with Crippen molar-refractivity contribution >= 4 is 0 Å². The normalized spacial score (nSPS) is 11.2. The molecule has 0 aromatic carbocycles. The van der Waals surface area contributed by atoms with Gasteiger partial charge >= 0.3 is 0 Å². The lowest BCUT2D eigenvalue weighted by molar-refractivity contribution is 0.399. The highest BCUT2D eigenvalue weighted by Gasteiger charge is 2.03. The van der Waals surface area contributed by atoms with Gasteiger partial charge in [0, 0.05) is 0 Å². The first kappa shape index (κ1) is 15.9. The summed E-state index contributed by atoms with van der Waals surface area (Å²) in [5.41, 5.74) is 0. The van der Waals surface area contributed by atoms with Crippen LogP contribution in [0.15, 0.2) is 0 Å². The fraction of sp³-hybridized carbons (Fsp3) is 1.00. The van der Waals surface area contributed by atoms with E-state index in [9.17, 15) is 0 Å². The fourth-order valence-corrected chi connectivity index (χ4v) is 2.07. The maximum Gasteiger partial charge on any atom is 0.0571 e. The quantitative estimate of drug-likeness (QED) is 0.393. The zero-order chi connectivity index (χ0) is 12.1. The minimum absolute atomic E-state index is 0.533. The van der Waals surface area contributed by atoms with E-state index in [-0.39, 0.29) is 0 Å². The fourth-order valence-electron chi connectivity index (χ4n) is 2.07. The van der Waals surface area contributed by atoms with Gasteiger partial charge in [-0.15, -0.1) is 0 Å². The Labute approximate surface area is 103 Å². The third-order valence-electron chi connectivity index (χ3n) is 3.00. The number of hydrogen-bond acceptors (Lipinski definition) is 2. The summed E-state index contributed by atoms with van der Waals surface area (Å²) in [6.45, 7) is 8.75. The molecule has 2 heteroatoms. The van der Waals surface area contributed by atoms with Crippen molar-refractivity contribution in [3.63, 3.8) is 0 Å². The van der Waals surface area contributed by atoms with E-state index in [4.69, 9.17) is 0 Å². The summed E-state index contributed by atoms with van der Waals surface area (Å²) in [4.78, 5) is 0. The smallest absolute Gasteiger partial charge is 0.0571 e. The third-order valence-corrected chi connectivity index (χ3v) is 3.00. The third kappa shape index (κ3) is 10.4. The Hall–Kier alpha value is -0.0800. The molecular formula is C14H32N2. The monoisotopic (exact) mass is 228 g/mol. The molecule has 0 amide bonds. The molecule has 0 aliphatic heterocycles. The van der Waals surface area contributed by atoms with Crippen LogP contribution >= 0.6 is 0 Å². The molecule has 98 valence electrons. The summed E-state index contributed by atoms with van der Waals surface area (Å²) >= 11 is 0. The average Bonchev–Trinajstić information content (AvgIpc) is 2.28. The lowest BCUT2D eigenvalue weighted by atomic mass is 10.1. The Bertz CT molecular complexity index is 120. The first-order valence-electron chi connectivity index (χ1n) is 7.31. The highest BCUT2D eigenvalue weighted by Crippen LogP contribution is 2.09. The van der Waals surface area contributed by atoms with E-state index in [0.717, 1.165) is 13.1 Å². The predicted molar refractivity (Wildman–Crippen MR) is 73.8 cm³/mol. The van der Waals surface area contributed by atoms with E-state index in [1.54, 1.807) is 0 Å². The summed E-state index contributed by atoms with van der Waals surface area (Å²) in [6.07, 6.45) is 11.6. The van der Waals surface area contributed by atoms with Gasteiger partial charge in [-0.2, -0.15) is 0 Å². The molecule has 0 aromatic heterocycles. The SMILES string of the molecule is CCCCCCCCCC(NCC)NCC. The standard InChI is InChI=1S/C14H32N2/c1-4-7-8-9-10-11-12-13-14(15-5-2)16-6-3/h14-16H,4-13H2,1-3H3. The Balaban J connectivity index is 3.25. The molecule has 0 fully saturated rings. The van der Waals surface area contributed by atoms with E-state index in [2.05, 4.69) is 31.4 Å². The molecule has 0 rings (SSSR count). The molecule has 0 atom stereocenters. The van der Waals surface area contributed by atoms with Gasteiger partial charge in [-0.3, -0.25) is 0 Å². The number of rotatable bonds is 12. The largest absolute Gasteiger partial charge is 0.302 e. The van der Waals surface area contributed by atoms with Crippen LogP contribution in [0.25, 0.3) is 0 Å². The Morgan fingerprint density at radius 1 is 0.688 bits per heavy atom. The Kier molecular flexibility index (Phi) is 12.9. The number of nitrogens with one attached hydrogen (secondary N) is 2. The zero-order valence-electron chi connectivity index (χ0n) is 11.6. The average molecular weight is 228 g/mol. The second kappa shape index (κ2) is 13.0. The minimum Gasteiger partial charge on any atom is -0.302 e. The first-order valence-corrected chi connectivity index (χ1v) is 7.31. The van der Waals surface area contributed by atoms with Crippen LogP contribution in [0.5, 0.6) is 0 Å². The summed E-state index contributed by atoms with van der Waals surface area (Å²) in [5.74, 6) is 0. The molecule has 0 aliphatic rings. The van der Waals surface area contributed by atoms with E-state index < -0.39 is 0 Å². The van der Waals surface area contributed by atoms with Crippen molar-refractivity contribution in [2.24, 2.45) is 0 Å². The van der Waals surface area contributed by atoms with Crippen LogP contribution in [0.1, 0.15) is 72.1 Å². The maximum atomic E-state index is 3.48.